The number of thioether (sulfide) groups is 1. The quantitative estimate of drug-likeness (QED) is 0.410. The molecule has 2 heteroatoms. The summed E-state index contributed by atoms with van der Waals surface area (Å²) in [6.45, 7) is 11.4. The van der Waals surface area contributed by atoms with Gasteiger partial charge in [0, 0.05) is 4.91 Å². The molecule has 0 heterocycles. The van der Waals surface area contributed by atoms with Crippen LogP contribution in [-0.4, -0.2) is 11.9 Å². The standard InChI is InChI=1S/C24H36OS/c1-6-23(24(3,4)5)20-14-16-21(17-15-20)25-19(2)11-10-18-26-22-12-8-7-9-13-22/h8,12-17,19,23H,6-7,9-11,18H2,1-5H3. The Morgan fingerprint density at radius 1 is 1.12 bits per heavy atom. The van der Waals surface area contributed by atoms with E-state index in [4.69, 9.17) is 4.74 Å². The highest BCUT2D eigenvalue weighted by Gasteiger charge is 2.24. The fourth-order valence-corrected chi connectivity index (χ4v) is 4.65. The van der Waals surface area contributed by atoms with Crippen molar-refractivity contribution in [2.24, 2.45) is 5.41 Å². The third kappa shape index (κ3) is 6.87. The van der Waals surface area contributed by atoms with E-state index in [0.717, 1.165) is 12.2 Å². The Kier molecular flexibility index (Phi) is 8.34. The maximum Gasteiger partial charge on any atom is 0.119 e. The molecule has 26 heavy (non-hydrogen) atoms. The normalized spacial score (nSPS) is 16.9. The summed E-state index contributed by atoms with van der Waals surface area (Å²) in [5.41, 5.74) is 1.72. The Balaban J connectivity index is 1.75. The molecule has 2 rings (SSSR count). The highest BCUT2D eigenvalue weighted by Crippen LogP contribution is 2.38. The van der Waals surface area contributed by atoms with Crippen molar-refractivity contribution >= 4 is 11.8 Å². The van der Waals surface area contributed by atoms with E-state index in [-0.39, 0.29) is 6.10 Å². The molecule has 0 saturated heterocycles. The maximum atomic E-state index is 6.12. The minimum absolute atomic E-state index is 0.266. The predicted octanol–water partition coefficient (Wildman–Crippen LogP) is 7.74. The molecule has 2 unspecified atom stereocenters. The molecule has 1 aromatic rings. The minimum Gasteiger partial charge on any atom is -0.491 e. The second-order valence-electron chi connectivity index (χ2n) is 8.40. The Morgan fingerprint density at radius 2 is 1.85 bits per heavy atom. The summed E-state index contributed by atoms with van der Waals surface area (Å²) in [6, 6.07) is 8.79. The van der Waals surface area contributed by atoms with Crippen LogP contribution in [-0.2, 0) is 0 Å². The fourth-order valence-electron chi connectivity index (χ4n) is 3.68. The molecule has 0 spiro atoms. The molecule has 0 radical (unpaired) electrons. The van der Waals surface area contributed by atoms with Gasteiger partial charge in [-0.05, 0) is 73.8 Å². The van der Waals surface area contributed by atoms with Crippen molar-refractivity contribution in [2.75, 3.05) is 5.75 Å². The first-order valence-electron chi connectivity index (χ1n) is 10.2. The number of hydrogen-bond donors (Lipinski definition) is 0. The predicted molar refractivity (Wildman–Crippen MR) is 117 cm³/mol. The van der Waals surface area contributed by atoms with Crippen LogP contribution < -0.4 is 4.74 Å². The second-order valence-corrected chi connectivity index (χ2v) is 9.57. The molecule has 1 aliphatic carbocycles. The number of ether oxygens (including phenoxy) is 1. The van der Waals surface area contributed by atoms with Crippen molar-refractivity contribution in [3.63, 3.8) is 0 Å². The summed E-state index contributed by atoms with van der Waals surface area (Å²) in [7, 11) is 0. The van der Waals surface area contributed by atoms with Crippen LogP contribution in [0.25, 0.3) is 0 Å². The van der Waals surface area contributed by atoms with Gasteiger partial charge >= 0.3 is 0 Å². The van der Waals surface area contributed by atoms with Gasteiger partial charge in [0.2, 0.25) is 0 Å². The molecular weight excluding hydrogens is 336 g/mol. The topological polar surface area (TPSA) is 9.23 Å². The highest BCUT2D eigenvalue weighted by atomic mass is 32.2. The van der Waals surface area contributed by atoms with E-state index in [1.54, 1.807) is 0 Å². The van der Waals surface area contributed by atoms with E-state index in [2.05, 4.69) is 77.1 Å². The van der Waals surface area contributed by atoms with Crippen molar-refractivity contribution in [3.8, 4) is 5.75 Å². The number of hydrogen-bond acceptors (Lipinski definition) is 2. The zero-order valence-corrected chi connectivity index (χ0v) is 18.1. The molecule has 0 amide bonds. The van der Waals surface area contributed by atoms with Gasteiger partial charge in [-0.2, -0.15) is 0 Å². The van der Waals surface area contributed by atoms with Crippen LogP contribution >= 0.6 is 11.8 Å². The molecule has 0 saturated carbocycles. The molecule has 144 valence electrons. The van der Waals surface area contributed by atoms with E-state index >= 15 is 0 Å². The molecule has 0 aromatic heterocycles. The molecule has 1 nitrogen and oxygen atoms in total. The van der Waals surface area contributed by atoms with Gasteiger partial charge in [0.05, 0.1) is 6.10 Å². The van der Waals surface area contributed by atoms with Gasteiger partial charge in [-0.15, -0.1) is 11.8 Å². The van der Waals surface area contributed by atoms with Crippen molar-refractivity contribution in [3.05, 3.63) is 53.0 Å². The van der Waals surface area contributed by atoms with Crippen LogP contribution in [0.15, 0.2) is 47.4 Å². The molecular formula is C24H36OS. The SMILES string of the molecule is CCC(c1ccc(OC(C)CCCSC2=CCCC=C2)cc1)C(C)(C)C. The zero-order valence-electron chi connectivity index (χ0n) is 17.3. The van der Waals surface area contributed by atoms with E-state index in [1.165, 1.54) is 41.9 Å². The van der Waals surface area contributed by atoms with Crippen molar-refractivity contribution < 1.29 is 4.74 Å². The lowest BCUT2D eigenvalue weighted by Gasteiger charge is -2.30. The van der Waals surface area contributed by atoms with Gasteiger partial charge in [0.25, 0.3) is 0 Å². The van der Waals surface area contributed by atoms with Gasteiger partial charge in [0.1, 0.15) is 5.75 Å². The Bertz CT molecular complexity index is 592. The highest BCUT2D eigenvalue weighted by molar-refractivity contribution is 8.03. The van der Waals surface area contributed by atoms with E-state index in [9.17, 15) is 0 Å². The zero-order chi connectivity index (χ0) is 19.0. The summed E-state index contributed by atoms with van der Waals surface area (Å²) >= 11 is 1.97. The van der Waals surface area contributed by atoms with E-state index < -0.39 is 0 Å². The van der Waals surface area contributed by atoms with Crippen LogP contribution in [0.2, 0.25) is 0 Å². The van der Waals surface area contributed by atoms with Crippen LogP contribution in [0.1, 0.15) is 78.2 Å². The second kappa shape index (κ2) is 10.3. The average molecular weight is 373 g/mol. The first-order chi connectivity index (χ1) is 12.4. The van der Waals surface area contributed by atoms with Crippen molar-refractivity contribution in [1.82, 2.24) is 0 Å². The number of allylic oxidation sites excluding steroid dienone is 3. The Hall–Kier alpha value is -1.15. The minimum atomic E-state index is 0.266. The Labute approximate surface area is 165 Å². The summed E-state index contributed by atoms with van der Waals surface area (Å²) in [5, 5.41) is 0. The largest absolute Gasteiger partial charge is 0.491 e. The smallest absolute Gasteiger partial charge is 0.119 e. The first-order valence-corrected chi connectivity index (χ1v) is 11.1. The van der Waals surface area contributed by atoms with Gasteiger partial charge in [-0.1, -0.05) is 58.1 Å². The van der Waals surface area contributed by atoms with Crippen LogP contribution in [0.5, 0.6) is 5.75 Å². The van der Waals surface area contributed by atoms with Gasteiger partial charge in [0.15, 0.2) is 0 Å². The molecule has 0 aliphatic heterocycles. The van der Waals surface area contributed by atoms with Crippen LogP contribution in [0.4, 0.5) is 0 Å². The van der Waals surface area contributed by atoms with E-state index in [1.807, 2.05) is 11.8 Å². The molecule has 2 atom stereocenters. The van der Waals surface area contributed by atoms with Crippen LogP contribution in [0.3, 0.4) is 0 Å². The summed E-state index contributed by atoms with van der Waals surface area (Å²) in [4.78, 5) is 1.43. The van der Waals surface area contributed by atoms with E-state index in [0.29, 0.717) is 11.3 Å². The van der Waals surface area contributed by atoms with Crippen molar-refractivity contribution in [2.45, 2.75) is 78.7 Å². The average Bonchev–Trinajstić information content (AvgIpc) is 2.60. The third-order valence-corrected chi connectivity index (χ3v) is 6.19. The maximum absolute atomic E-state index is 6.12. The summed E-state index contributed by atoms with van der Waals surface area (Å²) in [5.74, 6) is 2.76. The van der Waals surface area contributed by atoms with Crippen molar-refractivity contribution in [1.29, 1.82) is 0 Å². The molecule has 1 aromatic carbocycles. The van der Waals surface area contributed by atoms with Gasteiger partial charge in [-0.25, -0.2) is 0 Å². The third-order valence-electron chi connectivity index (χ3n) is 5.06. The lowest BCUT2D eigenvalue weighted by Crippen LogP contribution is -2.17. The molecule has 1 aliphatic rings. The number of benzene rings is 1. The molecule has 0 bridgehead atoms. The monoisotopic (exact) mass is 372 g/mol. The first kappa shape index (κ1) is 21.2. The van der Waals surface area contributed by atoms with Gasteiger partial charge < -0.3 is 4.74 Å². The fraction of sp³-hybridized carbons (Fsp3) is 0.583. The summed E-state index contributed by atoms with van der Waals surface area (Å²) in [6.07, 6.45) is 13.0. The molecule has 0 fully saturated rings. The lowest BCUT2D eigenvalue weighted by molar-refractivity contribution is 0.210. The molecule has 0 N–H and O–H groups in total. The Morgan fingerprint density at radius 3 is 2.42 bits per heavy atom. The summed E-state index contributed by atoms with van der Waals surface area (Å²) < 4.78 is 6.12. The lowest BCUT2D eigenvalue weighted by atomic mass is 9.75. The van der Waals surface area contributed by atoms with Gasteiger partial charge in [-0.3, -0.25) is 0 Å². The number of rotatable bonds is 9. The van der Waals surface area contributed by atoms with Crippen LogP contribution in [0, 0.1) is 5.41 Å².